The molecule has 0 spiro atoms. The van der Waals surface area contributed by atoms with Gasteiger partial charge in [0.15, 0.2) is 5.78 Å². The molecular formula is C19H12O4S. The van der Waals surface area contributed by atoms with Crippen LogP contribution in [0, 0.1) is 0 Å². The zero-order chi connectivity index (χ0) is 16.8. The van der Waals surface area contributed by atoms with Gasteiger partial charge in [0.25, 0.3) is 0 Å². The van der Waals surface area contributed by atoms with Crippen LogP contribution in [0.25, 0.3) is 21.9 Å². The molecule has 118 valence electrons. The molecule has 4 rings (SSSR count). The van der Waals surface area contributed by atoms with Gasteiger partial charge in [-0.2, -0.15) is 0 Å². The van der Waals surface area contributed by atoms with Crippen molar-refractivity contribution in [1.82, 2.24) is 0 Å². The predicted molar refractivity (Wildman–Crippen MR) is 91.7 cm³/mol. The zero-order valence-corrected chi connectivity index (χ0v) is 13.3. The molecule has 1 aliphatic rings. The molecule has 4 nitrogen and oxygen atoms in total. The van der Waals surface area contributed by atoms with E-state index in [0.29, 0.717) is 21.4 Å². The molecule has 0 heterocycles. The summed E-state index contributed by atoms with van der Waals surface area (Å²) in [6.07, 6.45) is 0. The van der Waals surface area contributed by atoms with Gasteiger partial charge in [0.05, 0.1) is 10.8 Å². The number of aliphatic carboxylic acids is 1. The smallest absolute Gasteiger partial charge is 0.316 e. The van der Waals surface area contributed by atoms with E-state index in [-0.39, 0.29) is 5.78 Å². The fourth-order valence-corrected chi connectivity index (χ4v) is 4.26. The van der Waals surface area contributed by atoms with Crippen molar-refractivity contribution in [3.05, 3.63) is 65.7 Å². The van der Waals surface area contributed by atoms with Gasteiger partial charge in [0.1, 0.15) is 5.75 Å². The van der Waals surface area contributed by atoms with Crippen molar-refractivity contribution in [2.75, 3.05) is 5.75 Å². The average molecular weight is 336 g/mol. The fraction of sp³-hybridized carbons (Fsp3) is 0.0526. The van der Waals surface area contributed by atoms with E-state index >= 15 is 0 Å². The maximum Gasteiger partial charge on any atom is 0.316 e. The van der Waals surface area contributed by atoms with E-state index < -0.39 is 22.5 Å². The van der Waals surface area contributed by atoms with E-state index in [1.165, 1.54) is 0 Å². The highest BCUT2D eigenvalue weighted by Gasteiger charge is 2.26. The van der Waals surface area contributed by atoms with Gasteiger partial charge in [-0.15, -0.1) is 0 Å². The van der Waals surface area contributed by atoms with Gasteiger partial charge >= 0.3 is 5.97 Å². The van der Waals surface area contributed by atoms with Gasteiger partial charge in [-0.05, 0) is 22.6 Å². The number of ketones is 1. The lowest BCUT2D eigenvalue weighted by Gasteiger charge is -2.20. The van der Waals surface area contributed by atoms with Crippen molar-refractivity contribution in [3.8, 4) is 11.1 Å². The summed E-state index contributed by atoms with van der Waals surface area (Å²) in [6, 6.07) is 16.2. The van der Waals surface area contributed by atoms with Gasteiger partial charge < -0.3 is 5.11 Å². The highest BCUT2D eigenvalue weighted by Crippen LogP contribution is 2.40. The Morgan fingerprint density at radius 2 is 1.58 bits per heavy atom. The molecule has 3 aromatic rings. The minimum absolute atomic E-state index is 0.0649. The summed E-state index contributed by atoms with van der Waals surface area (Å²) in [4.78, 5) is 24.1. The van der Waals surface area contributed by atoms with Crippen molar-refractivity contribution >= 4 is 33.3 Å². The van der Waals surface area contributed by atoms with Gasteiger partial charge in [-0.25, -0.2) is 0 Å². The van der Waals surface area contributed by atoms with Gasteiger partial charge in [-0.1, -0.05) is 48.5 Å². The number of hydrogen-bond donors (Lipinski definition) is 1. The van der Waals surface area contributed by atoms with Gasteiger partial charge in [0.2, 0.25) is 0 Å². The number of hydrogen-bond acceptors (Lipinski definition) is 3. The summed E-state index contributed by atoms with van der Waals surface area (Å²) in [5, 5.41) is 10.3. The largest absolute Gasteiger partial charge is 0.481 e. The van der Waals surface area contributed by atoms with Crippen molar-refractivity contribution < 1.29 is 18.9 Å². The molecule has 5 heteroatoms. The Hall–Kier alpha value is -2.79. The molecule has 1 N–H and O–H groups in total. The third kappa shape index (κ3) is 2.09. The van der Waals surface area contributed by atoms with Gasteiger partial charge in [0, 0.05) is 21.4 Å². The van der Waals surface area contributed by atoms with Crippen molar-refractivity contribution in [1.29, 1.82) is 0 Å². The first-order valence-electron chi connectivity index (χ1n) is 7.38. The maximum atomic E-state index is 12.8. The highest BCUT2D eigenvalue weighted by molar-refractivity contribution is 7.86. The Bertz CT molecular complexity index is 1050. The average Bonchev–Trinajstić information content (AvgIpc) is 2.58. The molecule has 1 aliphatic carbocycles. The molecule has 0 saturated heterocycles. The summed E-state index contributed by atoms with van der Waals surface area (Å²) in [6.45, 7) is 0. The number of benzene rings is 3. The quantitative estimate of drug-likeness (QED) is 0.623. The van der Waals surface area contributed by atoms with E-state index in [1.807, 2.05) is 24.3 Å². The van der Waals surface area contributed by atoms with E-state index in [9.17, 15) is 13.8 Å². The highest BCUT2D eigenvalue weighted by atomic mass is 32.2. The monoisotopic (exact) mass is 336 g/mol. The van der Waals surface area contributed by atoms with E-state index in [1.54, 1.807) is 30.3 Å². The Morgan fingerprint density at radius 1 is 0.875 bits per heavy atom. The molecule has 1 atom stereocenters. The predicted octanol–water partition coefficient (Wildman–Crippen LogP) is 3.24. The number of rotatable bonds is 3. The SMILES string of the molecule is O=C(O)C[S@@](=O)c1ccc2c3c(cccc13)C(=O)c1ccccc1-2. The second-order valence-corrected chi connectivity index (χ2v) is 7.02. The summed E-state index contributed by atoms with van der Waals surface area (Å²) < 4.78 is 12.4. The molecule has 0 unspecified atom stereocenters. The van der Waals surface area contributed by atoms with Crippen molar-refractivity contribution in [3.63, 3.8) is 0 Å². The maximum absolute atomic E-state index is 12.8. The fourth-order valence-electron chi connectivity index (χ4n) is 3.24. The van der Waals surface area contributed by atoms with Crippen molar-refractivity contribution in [2.45, 2.75) is 4.90 Å². The van der Waals surface area contributed by atoms with Crippen LogP contribution in [0.5, 0.6) is 0 Å². The molecule has 0 aliphatic heterocycles. The summed E-state index contributed by atoms with van der Waals surface area (Å²) in [5.41, 5.74) is 2.97. The Balaban J connectivity index is 2.06. The molecule has 0 fully saturated rings. The number of carbonyl (C=O) groups excluding carboxylic acids is 1. The standard InChI is InChI=1S/C19H12O4S/c20-17(21)10-24(23)16-9-8-12-11-4-1-2-5-13(11)19(22)15-7-3-6-14(16)18(12)15/h1-9H,10H2,(H,20,21)/t24-/m1/s1. The van der Waals surface area contributed by atoms with Crippen LogP contribution < -0.4 is 0 Å². The molecule has 0 amide bonds. The van der Waals surface area contributed by atoms with Crippen LogP contribution in [0.15, 0.2) is 59.5 Å². The minimum Gasteiger partial charge on any atom is -0.481 e. The summed E-state index contributed by atoms with van der Waals surface area (Å²) >= 11 is 0. The molecule has 0 radical (unpaired) electrons. The second-order valence-electron chi connectivity index (χ2n) is 5.60. The van der Waals surface area contributed by atoms with Crippen LogP contribution in [-0.2, 0) is 15.6 Å². The summed E-state index contributed by atoms with van der Waals surface area (Å²) in [5.74, 6) is -1.64. The third-order valence-electron chi connectivity index (χ3n) is 4.21. The lowest BCUT2D eigenvalue weighted by atomic mass is 9.83. The number of carboxylic acid groups (broad SMARTS) is 1. The first-order valence-corrected chi connectivity index (χ1v) is 8.70. The van der Waals surface area contributed by atoms with E-state index in [0.717, 1.165) is 16.5 Å². The number of carbonyl (C=O) groups is 2. The lowest BCUT2D eigenvalue weighted by molar-refractivity contribution is -0.133. The van der Waals surface area contributed by atoms with Crippen LogP contribution in [0.4, 0.5) is 0 Å². The lowest BCUT2D eigenvalue weighted by Crippen LogP contribution is -2.12. The molecule has 3 aromatic carbocycles. The Morgan fingerprint density at radius 3 is 2.33 bits per heavy atom. The van der Waals surface area contributed by atoms with Crippen LogP contribution >= 0.6 is 0 Å². The van der Waals surface area contributed by atoms with Crippen LogP contribution in [0.2, 0.25) is 0 Å². The van der Waals surface area contributed by atoms with Crippen LogP contribution in [0.1, 0.15) is 15.9 Å². The van der Waals surface area contributed by atoms with E-state index in [4.69, 9.17) is 5.11 Å². The number of carboxylic acids is 1. The van der Waals surface area contributed by atoms with E-state index in [2.05, 4.69) is 0 Å². The van der Waals surface area contributed by atoms with Crippen LogP contribution in [0.3, 0.4) is 0 Å². The molecule has 0 bridgehead atoms. The Kier molecular flexibility index (Phi) is 3.32. The molecule has 24 heavy (non-hydrogen) atoms. The molecular weight excluding hydrogens is 324 g/mol. The third-order valence-corrected chi connectivity index (χ3v) is 5.56. The Labute approximate surface area is 140 Å². The first kappa shape index (κ1) is 14.8. The number of fused-ring (bicyclic) bond motifs is 2. The van der Waals surface area contributed by atoms with Crippen LogP contribution in [-0.4, -0.2) is 26.8 Å². The second kappa shape index (κ2) is 5.39. The van der Waals surface area contributed by atoms with Crippen molar-refractivity contribution in [2.24, 2.45) is 0 Å². The van der Waals surface area contributed by atoms with Gasteiger partial charge in [-0.3, -0.25) is 13.8 Å². The molecule has 0 saturated carbocycles. The first-order chi connectivity index (χ1) is 11.6. The zero-order valence-electron chi connectivity index (χ0n) is 12.5. The normalized spacial score (nSPS) is 13.6. The topological polar surface area (TPSA) is 71.4 Å². The minimum atomic E-state index is -1.66. The summed E-state index contributed by atoms with van der Waals surface area (Å²) in [7, 11) is -1.66. The molecule has 0 aromatic heterocycles.